The zero-order valence-electron chi connectivity index (χ0n) is 11.3. The summed E-state index contributed by atoms with van der Waals surface area (Å²) < 4.78 is 43.8. The van der Waals surface area contributed by atoms with E-state index < -0.39 is 11.7 Å². The van der Waals surface area contributed by atoms with Gasteiger partial charge in [0, 0.05) is 12.0 Å². The molecule has 1 atom stereocenters. The first kappa shape index (κ1) is 14.2. The largest absolute Gasteiger partial charge is 0.496 e. The first-order chi connectivity index (χ1) is 8.68. The number of ether oxygens (including phenoxy) is 1. The minimum Gasteiger partial charge on any atom is -0.496 e. The number of halogens is 3. The van der Waals surface area contributed by atoms with Crippen LogP contribution in [0.15, 0.2) is 18.2 Å². The Bertz CT molecular complexity index is 496. The number of nitrogens with two attached hydrogens (primary N) is 1. The first-order valence-electron chi connectivity index (χ1n) is 6.14. The molecule has 2 N–H and O–H groups in total. The van der Waals surface area contributed by atoms with Crippen LogP contribution in [0.25, 0.3) is 0 Å². The Hall–Kier alpha value is -1.23. The predicted molar refractivity (Wildman–Crippen MR) is 67.1 cm³/mol. The van der Waals surface area contributed by atoms with E-state index in [9.17, 15) is 13.2 Å². The summed E-state index contributed by atoms with van der Waals surface area (Å²) in [6.07, 6.45) is -3.61. The fourth-order valence-corrected chi connectivity index (χ4v) is 2.90. The fourth-order valence-electron chi connectivity index (χ4n) is 2.90. The smallest absolute Gasteiger partial charge is 0.419 e. The van der Waals surface area contributed by atoms with Gasteiger partial charge in [0.15, 0.2) is 0 Å². The Morgan fingerprint density at radius 3 is 2.26 bits per heavy atom. The third-order valence-electron chi connectivity index (χ3n) is 4.32. The molecule has 1 aliphatic rings. The van der Waals surface area contributed by atoms with Crippen LogP contribution < -0.4 is 10.5 Å². The highest BCUT2D eigenvalue weighted by Gasteiger charge is 2.61. The van der Waals surface area contributed by atoms with E-state index in [0.717, 1.165) is 6.42 Å². The maximum atomic E-state index is 13.0. The van der Waals surface area contributed by atoms with Crippen LogP contribution in [0.3, 0.4) is 0 Å². The lowest BCUT2D eigenvalue weighted by molar-refractivity contribution is -0.138. The maximum Gasteiger partial charge on any atom is 0.419 e. The van der Waals surface area contributed by atoms with Crippen LogP contribution in [0, 0.1) is 5.41 Å². The predicted octanol–water partition coefficient (Wildman–Crippen LogP) is 3.34. The van der Waals surface area contributed by atoms with Gasteiger partial charge in [0.25, 0.3) is 0 Å². The van der Waals surface area contributed by atoms with Crippen LogP contribution >= 0.6 is 0 Å². The lowest BCUT2D eigenvalue weighted by Crippen LogP contribution is -2.26. The van der Waals surface area contributed by atoms with E-state index in [1.807, 2.05) is 13.8 Å². The Labute approximate surface area is 110 Å². The molecule has 106 valence electrons. The van der Waals surface area contributed by atoms with E-state index in [4.69, 9.17) is 10.5 Å². The van der Waals surface area contributed by atoms with Gasteiger partial charge in [-0.15, -0.1) is 0 Å². The van der Waals surface area contributed by atoms with Gasteiger partial charge in [0.1, 0.15) is 5.75 Å². The minimum absolute atomic E-state index is 0.0563. The van der Waals surface area contributed by atoms with Crippen molar-refractivity contribution in [1.82, 2.24) is 0 Å². The van der Waals surface area contributed by atoms with Crippen LogP contribution in [0.5, 0.6) is 5.75 Å². The Morgan fingerprint density at radius 1 is 1.32 bits per heavy atom. The summed E-state index contributed by atoms with van der Waals surface area (Å²) in [5.41, 5.74) is 5.30. The summed E-state index contributed by atoms with van der Waals surface area (Å²) in [6.45, 7) is 4.40. The summed E-state index contributed by atoms with van der Waals surface area (Å²) in [5.74, 6) is -0.151. The lowest BCUT2D eigenvalue weighted by Gasteiger charge is -2.21. The minimum atomic E-state index is -4.42. The quantitative estimate of drug-likeness (QED) is 0.916. The molecule has 0 spiro atoms. The second kappa shape index (κ2) is 4.13. The highest BCUT2D eigenvalue weighted by atomic mass is 19.4. The molecule has 0 saturated heterocycles. The van der Waals surface area contributed by atoms with Crippen molar-refractivity contribution in [2.24, 2.45) is 11.1 Å². The van der Waals surface area contributed by atoms with Crippen LogP contribution in [-0.2, 0) is 11.6 Å². The summed E-state index contributed by atoms with van der Waals surface area (Å²) in [4.78, 5) is 0. The number of alkyl halides is 3. The standard InChI is InChI=1S/C14H18F3NO/c1-12(2)7-13(12,8-18)9-4-5-11(19-3)10(6-9)14(15,16)17/h4-6H,7-8,18H2,1-3H3. The molecule has 0 amide bonds. The van der Waals surface area contributed by atoms with Gasteiger partial charge in [0.05, 0.1) is 12.7 Å². The lowest BCUT2D eigenvalue weighted by atomic mass is 9.87. The van der Waals surface area contributed by atoms with Crippen molar-refractivity contribution in [3.8, 4) is 5.75 Å². The second-order valence-electron chi connectivity index (χ2n) is 5.76. The first-order valence-corrected chi connectivity index (χ1v) is 6.14. The molecule has 0 aromatic heterocycles. The van der Waals surface area contributed by atoms with Crippen molar-refractivity contribution in [3.63, 3.8) is 0 Å². The summed E-state index contributed by atoms with van der Waals surface area (Å²) >= 11 is 0. The number of rotatable bonds is 3. The van der Waals surface area contributed by atoms with Crippen molar-refractivity contribution in [3.05, 3.63) is 29.3 Å². The molecular weight excluding hydrogens is 255 g/mol. The summed E-state index contributed by atoms with van der Waals surface area (Å²) in [5, 5.41) is 0. The highest BCUT2D eigenvalue weighted by Crippen LogP contribution is 2.64. The van der Waals surface area contributed by atoms with Crippen molar-refractivity contribution in [2.45, 2.75) is 31.9 Å². The van der Waals surface area contributed by atoms with Gasteiger partial charge in [0.2, 0.25) is 0 Å². The van der Waals surface area contributed by atoms with Gasteiger partial charge in [-0.3, -0.25) is 0 Å². The average molecular weight is 273 g/mol. The number of hydrogen-bond donors (Lipinski definition) is 1. The van der Waals surface area contributed by atoms with Crippen molar-refractivity contribution in [2.75, 3.05) is 13.7 Å². The van der Waals surface area contributed by atoms with Crippen molar-refractivity contribution < 1.29 is 17.9 Å². The zero-order chi connectivity index (χ0) is 14.5. The number of methoxy groups -OCH3 is 1. The van der Waals surface area contributed by atoms with Gasteiger partial charge in [-0.05, 0) is 29.5 Å². The number of hydrogen-bond acceptors (Lipinski definition) is 2. The Kier molecular flexibility index (Phi) is 3.08. The summed E-state index contributed by atoms with van der Waals surface area (Å²) in [6, 6.07) is 4.25. The van der Waals surface area contributed by atoms with Gasteiger partial charge in [-0.1, -0.05) is 19.9 Å². The Morgan fingerprint density at radius 2 is 1.89 bits per heavy atom. The molecule has 1 aromatic carbocycles. The SMILES string of the molecule is COc1ccc(C2(CN)CC2(C)C)cc1C(F)(F)F. The molecule has 1 saturated carbocycles. The van der Waals surface area contributed by atoms with Gasteiger partial charge in [-0.25, -0.2) is 0 Å². The van der Waals surface area contributed by atoms with E-state index in [-0.39, 0.29) is 16.6 Å². The van der Waals surface area contributed by atoms with Gasteiger partial charge in [-0.2, -0.15) is 13.2 Å². The van der Waals surface area contributed by atoms with Crippen molar-refractivity contribution >= 4 is 0 Å². The molecule has 0 radical (unpaired) electrons. The van der Waals surface area contributed by atoms with Crippen LogP contribution in [0.2, 0.25) is 0 Å². The molecule has 0 heterocycles. The molecule has 2 nitrogen and oxygen atoms in total. The van der Waals surface area contributed by atoms with E-state index in [1.165, 1.54) is 19.2 Å². The Balaban J connectivity index is 2.51. The van der Waals surface area contributed by atoms with Crippen LogP contribution in [-0.4, -0.2) is 13.7 Å². The average Bonchev–Trinajstić information content (AvgIpc) is 2.91. The molecule has 19 heavy (non-hydrogen) atoms. The second-order valence-corrected chi connectivity index (χ2v) is 5.76. The van der Waals surface area contributed by atoms with E-state index >= 15 is 0 Å². The monoisotopic (exact) mass is 273 g/mol. The van der Waals surface area contributed by atoms with E-state index in [1.54, 1.807) is 6.07 Å². The molecule has 0 bridgehead atoms. The third-order valence-corrected chi connectivity index (χ3v) is 4.32. The molecule has 1 aromatic rings. The molecule has 0 aliphatic heterocycles. The highest BCUT2D eigenvalue weighted by molar-refractivity contribution is 5.46. The fraction of sp³-hybridized carbons (Fsp3) is 0.571. The number of benzene rings is 1. The molecule has 1 unspecified atom stereocenters. The van der Waals surface area contributed by atoms with E-state index in [0.29, 0.717) is 12.1 Å². The third kappa shape index (κ3) is 2.10. The molecular formula is C14H18F3NO. The zero-order valence-corrected chi connectivity index (χ0v) is 11.3. The van der Waals surface area contributed by atoms with Gasteiger partial charge < -0.3 is 10.5 Å². The maximum absolute atomic E-state index is 13.0. The molecule has 1 aliphatic carbocycles. The van der Waals surface area contributed by atoms with Gasteiger partial charge >= 0.3 is 6.18 Å². The van der Waals surface area contributed by atoms with Crippen LogP contribution in [0.1, 0.15) is 31.4 Å². The van der Waals surface area contributed by atoms with Crippen LogP contribution in [0.4, 0.5) is 13.2 Å². The summed E-state index contributed by atoms with van der Waals surface area (Å²) in [7, 11) is 1.24. The topological polar surface area (TPSA) is 35.2 Å². The molecule has 2 rings (SSSR count). The van der Waals surface area contributed by atoms with E-state index in [2.05, 4.69) is 0 Å². The molecule has 1 fully saturated rings. The molecule has 5 heteroatoms. The normalized spacial score (nSPS) is 25.2. The van der Waals surface area contributed by atoms with Crippen molar-refractivity contribution in [1.29, 1.82) is 0 Å².